The predicted molar refractivity (Wildman–Crippen MR) is 140 cm³/mol. The minimum Gasteiger partial charge on any atom is -0.497 e. The van der Waals surface area contributed by atoms with Crippen molar-refractivity contribution >= 4 is 34.0 Å². The number of ether oxygens (including phenoxy) is 1. The Balaban J connectivity index is 1.53. The lowest BCUT2D eigenvalue weighted by molar-refractivity contribution is 0.0893. The van der Waals surface area contributed by atoms with Crippen LogP contribution >= 0.6 is 0 Å². The standard InChI is InChI=1S/C29H27N3O3/c1-18-17-20(9-12-22(18)19-7-10-21(35-2)11-8-19)32-28(33)24-6-3-5-23-26(31-16-4-15-30)14-13-25(27(23)24)29(32)34/h3,5-14,17,31H,4,15-16,30H2,1-2H3. The molecule has 0 unspecified atom stereocenters. The van der Waals surface area contributed by atoms with Crippen LogP contribution in [0.5, 0.6) is 5.75 Å². The molecule has 1 aliphatic rings. The highest BCUT2D eigenvalue weighted by molar-refractivity contribution is 6.36. The molecule has 0 fully saturated rings. The molecule has 0 spiro atoms. The van der Waals surface area contributed by atoms with E-state index < -0.39 is 0 Å². The van der Waals surface area contributed by atoms with Crippen LogP contribution in [-0.4, -0.2) is 32.0 Å². The number of carbonyl (C=O) groups is 2. The predicted octanol–water partition coefficient (Wildman–Crippen LogP) is 5.39. The minimum atomic E-state index is -0.316. The van der Waals surface area contributed by atoms with Gasteiger partial charge >= 0.3 is 0 Å². The molecule has 35 heavy (non-hydrogen) atoms. The molecule has 1 aliphatic heterocycles. The fourth-order valence-corrected chi connectivity index (χ4v) is 4.69. The number of nitrogens with one attached hydrogen (secondary N) is 1. The van der Waals surface area contributed by atoms with Crippen LogP contribution in [-0.2, 0) is 0 Å². The molecule has 5 rings (SSSR count). The number of carbonyl (C=O) groups excluding carboxylic acids is 2. The Kier molecular flexibility index (Phi) is 5.97. The van der Waals surface area contributed by atoms with E-state index in [1.807, 2.05) is 67.6 Å². The molecule has 176 valence electrons. The number of rotatable bonds is 7. The van der Waals surface area contributed by atoms with Crippen molar-refractivity contribution in [2.45, 2.75) is 13.3 Å². The number of hydrogen-bond donors (Lipinski definition) is 2. The maximum Gasteiger partial charge on any atom is 0.265 e. The fourth-order valence-electron chi connectivity index (χ4n) is 4.69. The first-order chi connectivity index (χ1) is 17.0. The second-order valence-electron chi connectivity index (χ2n) is 8.63. The highest BCUT2D eigenvalue weighted by Crippen LogP contribution is 2.37. The van der Waals surface area contributed by atoms with Crippen LogP contribution in [0.15, 0.2) is 72.8 Å². The van der Waals surface area contributed by atoms with Gasteiger partial charge in [0.2, 0.25) is 0 Å². The summed E-state index contributed by atoms with van der Waals surface area (Å²) < 4.78 is 5.25. The van der Waals surface area contributed by atoms with Crippen molar-refractivity contribution < 1.29 is 14.3 Å². The summed E-state index contributed by atoms with van der Waals surface area (Å²) in [7, 11) is 1.64. The SMILES string of the molecule is COc1ccc(-c2ccc(N3C(=O)c4cccc5c(NCCCN)ccc(c45)C3=O)cc2C)cc1. The van der Waals surface area contributed by atoms with Gasteiger partial charge < -0.3 is 15.8 Å². The Morgan fingerprint density at radius 3 is 2.29 bits per heavy atom. The second-order valence-corrected chi connectivity index (χ2v) is 8.63. The van der Waals surface area contributed by atoms with E-state index in [9.17, 15) is 9.59 Å². The third kappa shape index (κ3) is 3.92. The molecule has 3 N–H and O–H groups in total. The summed E-state index contributed by atoms with van der Waals surface area (Å²) in [6, 6.07) is 22.8. The summed E-state index contributed by atoms with van der Waals surface area (Å²) in [6.07, 6.45) is 0.834. The average Bonchev–Trinajstić information content (AvgIpc) is 2.88. The zero-order chi connectivity index (χ0) is 24.5. The van der Waals surface area contributed by atoms with Crippen LogP contribution in [0.3, 0.4) is 0 Å². The smallest absolute Gasteiger partial charge is 0.265 e. The van der Waals surface area contributed by atoms with Crippen molar-refractivity contribution in [2.75, 3.05) is 30.4 Å². The number of imide groups is 1. The highest BCUT2D eigenvalue weighted by Gasteiger charge is 2.34. The van der Waals surface area contributed by atoms with Crippen LogP contribution in [0.2, 0.25) is 0 Å². The molecule has 6 heteroatoms. The molecule has 0 aliphatic carbocycles. The summed E-state index contributed by atoms with van der Waals surface area (Å²) in [5, 5.41) is 4.94. The van der Waals surface area contributed by atoms with Crippen molar-refractivity contribution in [3.63, 3.8) is 0 Å². The van der Waals surface area contributed by atoms with Crippen LogP contribution < -0.4 is 20.7 Å². The van der Waals surface area contributed by atoms with Crippen LogP contribution in [0, 0.1) is 6.92 Å². The Labute approximate surface area is 204 Å². The molecule has 0 saturated carbocycles. The first-order valence-corrected chi connectivity index (χ1v) is 11.7. The van der Waals surface area contributed by atoms with E-state index in [-0.39, 0.29) is 11.8 Å². The molecule has 4 aromatic rings. The monoisotopic (exact) mass is 465 g/mol. The number of hydrogen-bond acceptors (Lipinski definition) is 5. The quantitative estimate of drug-likeness (QED) is 0.283. The Bertz CT molecular complexity index is 1420. The van der Waals surface area contributed by atoms with Gasteiger partial charge in [-0.2, -0.15) is 0 Å². The largest absolute Gasteiger partial charge is 0.497 e. The van der Waals surface area contributed by atoms with E-state index in [0.29, 0.717) is 28.7 Å². The van der Waals surface area contributed by atoms with Gasteiger partial charge in [0.05, 0.1) is 12.8 Å². The molecule has 0 radical (unpaired) electrons. The van der Waals surface area contributed by atoms with E-state index >= 15 is 0 Å². The van der Waals surface area contributed by atoms with Crippen LogP contribution in [0.25, 0.3) is 21.9 Å². The van der Waals surface area contributed by atoms with Gasteiger partial charge in [0.15, 0.2) is 0 Å². The number of anilines is 2. The number of methoxy groups -OCH3 is 1. The fraction of sp³-hybridized carbons (Fsp3) is 0.172. The lowest BCUT2D eigenvalue weighted by Gasteiger charge is -2.28. The number of aryl methyl sites for hydroxylation is 1. The third-order valence-electron chi connectivity index (χ3n) is 6.47. The third-order valence-corrected chi connectivity index (χ3v) is 6.47. The molecule has 6 nitrogen and oxygen atoms in total. The summed E-state index contributed by atoms with van der Waals surface area (Å²) in [4.78, 5) is 28.4. The van der Waals surface area contributed by atoms with Gasteiger partial charge in [-0.05, 0) is 79.0 Å². The summed E-state index contributed by atoms with van der Waals surface area (Å²) >= 11 is 0. The molecular weight excluding hydrogens is 438 g/mol. The van der Waals surface area contributed by atoms with E-state index in [4.69, 9.17) is 10.5 Å². The molecule has 4 aromatic carbocycles. The molecule has 0 atom stereocenters. The Hall–Kier alpha value is -4.16. The number of nitrogens with zero attached hydrogens (tertiary/aromatic N) is 1. The van der Waals surface area contributed by atoms with Crippen molar-refractivity contribution in [3.05, 3.63) is 89.5 Å². The number of amides is 2. The van der Waals surface area contributed by atoms with Crippen molar-refractivity contribution in [2.24, 2.45) is 5.73 Å². The number of nitrogens with two attached hydrogens (primary N) is 1. The molecule has 1 heterocycles. The molecular formula is C29H27N3O3. The van der Waals surface area contributed by atoms with Gasteiger partial charge in [-0.15, -0.1) is 0 Å². The van der Waals surface area contributed by atoms with Gasteiger partial charge in [0, 0.05) is 34.1 Å². The van der Waals surface area contributed by atoms with Gasteiger partial charge in [-0.1, -0.05) is 30.3 Å². The van der Waals surface area contributed by atoms with Gasteiger partial charge in [-0.25, -0.2) is 4.90 Å². The highest BCUT2D eigenvalue weighted by atomic mass is 16.5. The van der Waals surface area contributed by atoms with E-state index in [0.717, 1.165) is 46.5 Å². The second kappa shape index (κ2) is 9.24. The summed E-state index contributed by atoms with van der Waals surface area (Å²) in [6.45, 7) is 3.30. The van der Waals surface area contributed by atoms with E-state index in [1.165, 1.54) is 4.90 Å². The van der Waals surface area contributed by atoms with Gasteiger partial charge in [0.1, 0.15) is 5.75 Å². The normalized spacial score (nSPS) is 12.8. The molecule has 0 aromatic heterocycles. The Morgan fingerprint density at radius 1 is 0.886 bits per heavy atom. The van der Waals surface area contributed by atoms with Gasteiger partial charge in [0.25, 0.3) is 11.8 Å². The van der Waals surface area contributed by atoms with Crippen molar-refractivity contribution in [1.82, 2.24) is 0 Å². The lowest BCUT2D eigenvalue weighted by atomic mass is 9.92. The molecule has 0 bridgehead atoms. The number of benzene rings is 4. The maximum atomic E-state index is 13.6. The molecule has 2 amide bonds. The first kappa shape index (κ1) is 22.6. The zero-order valence-electron chi connectivity index (χ0n) is 19.8. The summed E-state index contributed by atoms with van der Waals surface area (Å²) in [5.74, 6) is 0.158. The van der Waals surface area contributed by atoms with Crippen LogP contribution in [0.4, 0.5) is 11.4 Å². The van der Waals surface area contributed by atoms with Gasteiger partial charge in [-0.3, -0.25) is 9.59 Å². The first-order valence-electron chi connectivity index (χ1n) is 11.7. The minimum absolute atomic E-state index is 0.316. The lowest BCUT2D eigenvalue weighted by Crippen LogP contribution is -2.40. The maximum absolute atomic E-state index is 13.6. The topological polar surface area (TPSA) is 84.7 Å². The van der Waals surface area contributed by atoms with Crippen molar-refractivity contribution in [1.29, 1.82) is 0 Å². The Morgan fingerprint density at radius 2 is 1.60 bits per heavy atom. The van der Waals surface area contributed by atoms with Crippen LogP contribution in [0.1, 0.15) is 32.7 Å². The average molecular weight is 466 g/mol. The molecule has 0 saturated heterocycles. The van der Waals surface area contributed by atoms with Crippen molar-refractivity contribution in [3.8, 4) is 16.9 Å². The van der Waals surface area contributed by atoms with E-state index in [2.05, 4.69) is 5.32 Å². The van der Waals surface area contributed by atoms with E-state index in [1.54, 1.807) is 19.2 Å². The summed E-state index contributed by atoms with van der Waals surface area (Å²) in [5.41, 5.74) is 11.2. The zero-order valence-corrected chi connectivity index (χ0v) is 19.8.